The molecule has 1 rings (SSSR count). The van der Waals surface area contributed by atoms with Gasteiger partial charge in [-0.15, -0.1) is 18.2 Å². The Morgan fingerprint density at radius 2 is 2.17 bits per heavy atom. The van der Waals surface area contributed by atoms with Crippen molar-refractivity contribution in [2.45, 2.75) is 10.9 Å². The smallest absolute Gasteiger partial charge is 0.0929 e. The van der Waals surface area contributed by atoms with Gasteiger partial charge in [-0.25, -0.2) is 0 Å². The van der Waals surface area contributed by atoms with Gasteiger partial charge in [0.1, 0.15) is 0 Å². The van der Waals surface area contributed by atoms with Gasteiger partial charge in [0.05, 0.1) is 6.04 Å². The number of rotatable bonds is 2. The highest BCUT2D eigenvalue weighted by Gasteiger charge is 2.05. The van der Waals surface area contributed by atoms with Crippen molar-refractivity contribution in [1.82, 2.24) is 0 Å². The molecule has 1 nitrogen and oxygen atoms in total. The number of terminal acetylenes is 1. The maximum atomic E-state index is 5.72. The van der Waals surface area contributed by atoms with Gasteiger partial charge in [0.25, 0.3) is 0 Å². The molecule has 0 spiro atoms. The van der Waals surface area contributed by atoms with Gasteiger partial charge < -0.3 is 5.73 Å². The average Bonchev–Trinajstić information content (AvgIpc) is 2.16. The molecule has 2 N–H and O–H groups in total. The summed E-state index contributed by atoms with van der Waals surface area (Å²) in [7, 11) is 0. The summed E-state index contributed by atoms with van der Waals surface area (Å²) in [5.41, 5.74) is 6.76. The Labute approximate surface area is 77.4 Å². The lowest BCUT2D eigenvalue weighted by atomic mass is 10.1. The van der Waals surface area contributed by atoms with Crippen LogP contribution in [0.3, 0.4) is 0 Å². The van der Waals surface area contributed by atoms with E-state index in [1.807, 2.05) is 30.5 Å². The minimum Gasteiger partial charge on any atom is -0.314 e. The summed E-state index contributed by atoms with van der Waals surface area (Å²) < 4.78 is 0. The molecule has 2 heteroatoms. The molecule has 0 aliphatic heterocycles. The van der Waals surface area contributed by atoms with Crippen molar-refractivity contribution in [3.8, 4) is 12.3 Å². The molecular formula is C10H11NS. The lowest BCUT2D eigenvalue weighted by Crippen LogP contribution is -2.08. The van der Waals surface area contributed by atoms with Crippen LogP contribution < -0.4 is 5.73 Å². The molecule has 1 aromatic rings. The van der Waals surface area contributed by atoms with Crippen LogP contribution in [0.5, 0.6) is 0 Å². The highest BCUT2D eigenvalue weighted by atomic mass is 32.2. The first-order valence-corrected chi connectivity index (χ1v) is 4.86. The zero-order valence-corrected chi connectivity index (χ0v) is 7.77. The van der Waals surface area contributed by atoms with E-state index in [1.165, 1.54) is 0 Å². The third-order valence-electron chi connectivity index (χ3n) is 1.65. The Kier molecular flexibility index (Phi) is 3.21. The summed E-state index contributed by atoms with van der Waals surface area (Å²) in [6.45, 7) is 0. The Morgan fingerprint density at radius 3 is 2.75 bits per heavy atom. The molecule has 0 bridgehead atoms. The first-order chi connectivity index (χ1) is 5.79. The second-order valence-corrected chi connectivity index (χ2v) is 3.23. The second kappa shape index (κ2) is 4.20. The van der Waals surface area contributed by atoms with Gasteiger partial charge in [-0.1, -0.05) is 24.1 Å². The van der Waals surface area contributed by atoms with Crippen molar-refractivity contribution >= 4 is 11.8 Å². The average molecular weight is 177 g/mol. The molecule has 0 heterocycles. The molecule has 0 saturated heterocycles. The van der Waals surface area contributed by atoms with Crippen molar-refractivity contribution in [2.75, 3.05) is 6.26 Å². The zero-order valence-electron chi connectivity index (χ0n) is 6.95. The fourth-order valence-corrected chi connectivity index (χ4v) is 1.66. The van der Waals surface area contributed by atoms with Crippen molar-refractivity contribution in [3.63, 3.8) is 0 Å². The van der Waals surface area contributed by atoms with Crippen LogP contribution in [0.2, 0.25) is 0 Å². The first kappa shape index (κ1) is 9.18. The predicted molar refractivity (Wildman–Crippen MR) is 54.0 cm³/mol. The number of thioether (sulfide) groups is 1. The molecule has 0 saturated carbocycles. The summed E-state index contributed by atoms with van der Waals surface area (Å²) >= 11 is 1.66. The lowest BCUT2D eigenvalue weighted by molar-refractivity contribution is 0.916. The van der Waals surface area contributed by atoms with Crippen molar-refractivity contribution in [3.05, 3.63) is 29.8 Å². The van der Waals surface area contributed by atoms with Crippen LogP contribution in [0.1, 0.15) is 11.6 Å². The third kappa shape index (κ3) is 1.82. The highest BCUT2D eigenvalue weighted by Crippen LogP contribution is 2.23. The normalized spacial score (nSPS) is 12.1. The van der Waals surface area contributed by atoms with E-state index in [0.717, 1.165) is 10.5 Å². The summed E-state index contributed by atoms with van der Waals surface area (Å²) in [6, 6.07) is 7.65. The third-order valence-corrected chi connectivity index (χ3v) is 2.47. The van der Waals surface area contributed by atoms with Gasteiger partial charge >= 0.3 is 0 Å². The number of hydrogen-bond acceptors (Lipinski definition) is 2. The molecule has 0 radical (unpaired) electrons. The van der Waals surface area contributed by atoms with E-state index in [-0.39, 0.29) is 6.04 Å². The van der Waals surface area contributed by atoms with Crippen LogP contribution in [0.15, 0.2) is 29.2 Å². The molecule has 62 valence electrons. The molecular weight excluding hydrogens is 166 g/mol. The minimum atomic E-state index is -0.284. The van der Waals surface area contributed by atoms with E-state index in [2.05, 4.69) is 5.92 Å². The topological polar surface area (TPSA) is 26.0 Å². The summed E-state index contributed by atoms with van der Waals surface area (Å²) in [4.78, 5) is 1.16. The van der Waals surface area contributed by atoms with E-state index in [0.29, 0.717) is 0 Å². The van der Waals surface area contributed by atoms with Crippen molar-refractivity contribution in [1.29, 1.82) is 0 Å². The summed E-state index contributed by atoms with van der Waals surface area (Å²) in [5.74, 6) is 2.52. The van der Waals surface area contributed by atoms with E-state index >= 15 is 0 Å². The van der Waals surface area contributed by atoms with Crippen molar-refractivity contribution in [2.24, 2.45) is 5.73 Å². The number of hydrogen-bond donors (Lipinski definition) is 1. The maximum absolute atomic E-state index is 5.72. The zero-order chi connectivity index (χ0) is 8.97. The molecule has 1 atom stereocenters. The van der Waals surface area contributed by atoms with Crippen LogP contribution in [0, 0.1) is 12.3 Å². The fraction of sp³-hybridized carbons (Fsp3) is 0.200. The van der Waals surface area contributed by atoms with Crippen LogP contribution in [0.25, 0.3) is 0 Å². The minimum absolute atomic E-state index is 0.284. The van der Waals surface area contributed by atoms with Crippen LogP contribution in [-0.2, 0) is 0 Å². The molecule has 0 aromatic heterocycles. The maximum Gasteiger partial charge on any atom is 0.0929 e. The second-order valence-electron chi connectivity index (χ2n) is 2.39. The molecule has 1 aromatic carbocycles. The quantitative estimate of drug-likeness (QED) is 0.552. The SMILES string of the molecule is C#CC(N)c1ccccc1SC. The Hall–Kier alpha value is -0.910. The van der Waals surface area contributed by atoms with Crippen LogP contribution in [-0.4, -0.2) is 6.26 Å². The lowest BCUT2D eigenvalue weighted by Gasteiger charge is -2.08. The molecule has 1 unspecified atom stereocenters. The van der Waals surface area contributed by atoms with Gasteiger partial charge in [-0.2, -0.15) is 0 Å². The van der Waals surface area contributed by atoms with Gasteiger partial charge in [-0.3, -0.25) is 0 Å². The van der Waals surface area contributed by atoms with E-state index in [1.54, 1.807) is 11.8 Å². The molecule has 0 fully saturated rings. The Morgan fingerprint density at radius 1 is 1.50 bits per heavy atom. The first-order valence-electron chi connectivity index (χ1n) is 3.64. The van der Waals surface area contributed by atoms with Gasteiger partial charge in [0.15, 0.2) is 0 Å². The van der Waals surface area contributed by atoms with Gasteiger partial charge in [0, 0.05) is 4.90 Å². The van der Waals surface area contributed by atoms with Crippen molar-refractivity contribution < 1.29 is 0 Å². The summed E-state index contributed by atoms with van der Waals surface area (Å²) in [6.07, 6.45) is 7.26. The van der Waals surface area contributed by atoms with E-state index < -0.39 is 0 Å². The van der Waals surface area contributed by atoms with E-state index in [4.69, 9.17) is 12.2 Å². The highest BCUT2D eigenvalue weighted by molar-refractivity contribution is 7.98. The number of benzene rings is 1. The number of nitrogens with two attached hydrogens (primary N) is 1. The molecule has 0 amide bonds. The summed E-state index contributed by atoms with van der Waals surface area (Å²) in [5, 5.41) is 0. The monoisotopic (exact) mass is 177 g/mol. The molecule has 12 heavy (non-hydrogen) atoms. The van der Waals surface area contributed by atoms with Gasteiger partial charge in [0.2, 0.25) is 0 Å². The van der Waals surface area contributed by atoms with E-state index in [9.17, 15) is 0 Å². The van der Waals surface area contributed by atoms with Gasteiger partial charge in [-0.05, 0) is 17.9 Å². The Bertz CT molecular complexity index is 301. The van der Waals surface area contributed by atoms with Crippen LogP contribution in [0.4, 0.5) is 0 Å². The fourth-order valence-electron chi connectivity index (χ4n) is 1.01. The Balaban J connectivity index is 3.06. The molecule has 0 aliphatic carbocycles. The largest absolute Gasteiger partial charge is 0.314 e. The standard InChI is InChI=1S/C10H11NS/c1-3-9(11)8-6-4-5-7-10(8)12-2/h1,4-7,9H,11H2,2H3. The van der Waals surface area contributed by atoms with Crippen LogP contribution >= 0.6 is 11.8 Å². The predicted octanol–water partition coefficient (Wildman–Crippen LogP) is 2.04. The molecule has 0 aliphatic rings.